The van der Waals surface area contributed by atoms with Crippen LogP contribution in [0.1, 0.15) is 92.9 Å². The zero-order valence-corrected chi connectivity index (χ0v) is 18.4. The quantitative estimate of drug-likeness (QED) is 0.501. The molecule has 0 amide bonds. The first-order valence-corrected chi connectivity index (χ1v) is 11.1. The third-order valence-corrected chi connectivity index (χ3v) is 6.36. The van der Waals surface area contributed by atoms with Crippen molar-refractivity contribution in [2.45, 2.75) is 105 Å². The Morgan fingerprint density at radius 1 is 0.840 bits per heavy atom. The fourth-order valence-corrected chi connectivity index (χ4v) is 4.29. The highest BCUT2D eigenvalue weighted by molar-refractivity contribution is 4.74. The van der Waals surface area contributed by atoms with E-state index < -0.39 is 0 Å². The number of nitrogens with zero attached hydrogens (tertiary/aromatic N) is 1. The van der Waals surface area contributed by atoms with Crippen LogP contribution in [0.25, 0.3) is 0 Å². The molecular weight excluding hydrogens is 306 g/mol. The minimum atomic E-state index is 0.406. The van der Waals surface area contributed by atoms with Gasteiger partial charge in [0.15, 0.2) is 0 Å². The van der Waals surface area contributed by atoms with Crippen molar-refractivity contribution in [2.24, 2.45) is 23.7 Å². The maximum atomic E-state index is 5.54. The Morgan fingerprint density at radius 2 is 1.36 bits per heavy atom. The SMILES string of the molecule is CC1CCC(CCN(C)C(C)C)C1.CC1CCC(CCOC(C)C)C1. The van der Waals surface area contributed by atoms with Gasteiger partial charge in [-0.05, 0) is 90.6 Å². The van der Waals surface area contributed by atoms with Crippen molar-refractivity contribution in [3.8, 4) is 0 Å². The summed E-state index contributed by atoms with van der Waals surface area (Å²) in [6, 6.07) is 0.707. The highest BCUT2D eigenvalue weighted by Gasteiger charge is 2.21. The smallest absolute Gasteiger partial charge is 0.0518 e. The van der Waals surface area contributed by atoms with Gasteiger partial charge in [0.05, 0.1) is 6.10 Å². The molecule has 2 saturated carbocycles. The van der Waals surface area contributed by atoms with Crippen molar-refractivity contribution in [3.63, 3.8) is 0 Å². The molecule has 0 aromatic carbocycles. The topological polar surface area (TPSA) is 12.5 Å². The van der Waals surface area contributed by atoms with Crippen LogP contribution in [0.3, 0.4) is 0 Å². The van der Waals surface area contributed by atoms with Gasteiger partial charge in [0.1, 0.15) is 0 Å². The van der Waals surface area contributed by atoms with Crippen LogP contribution < -0.4 is 0 Å². The second-order valence-corrected chi connectivity index (χ2v) is 9.64. The van der Waals surface area contributed by atoms with Gasteiger partial charge in [0.25, 0.3) is 0 Å². The Kier molecular flexibility index (Phi) is 11.3. The third-order valence-electron chi connectivity index (χ3n) is 6.36. The summed E-state index contributed by atoms with van der Waals surface area (Å²) in [6.07, 6.45) is 11.8. The molecule has 25 heavy (non-hydrogen) atoms. The molecular formula is C23H47NO. The van der Waals surface area contributed by atoms with E-state index in [0.717, 1.165) is 30.3 Å². The summed E-state index contributed by atoms with van der Waals surface area (Å²) in [7, 11) is 2.24. The largest absolute Gasteiger partial charge is 0.379 e. The van der Waals surface area contributed by atoms with Crippen LogP contribution in [-0.2, 0) is 4.74 Å². The molecule has 2 nitrogen and oxygen atoms in total. The summed E-state index contributed by atoms with van der Waals surface area (Å²) < 4.78 is 5.54. The fraction of sp³-hybridized carbons (Fsp3) is 1.00. The number of hydrogen-bond acceptors (Lipinski definition) is 2. The van der Waals surface area contributed by atoms with E-state index in [4.69, 9.17) is 4.74 Å². The van der Waals surface area contributed by atoms with Gasteiger partial charge in [0, 0.05) is 12.6 Å². The predicted octanol–water partition coefficient (Wildman–Crippen LogP) is 6.39. The molecule has 0 aliphatic heterocycles. The maximum Gasteiger partial charge on any atom is 0.0518 e. The van der Waals surface area contributed by atoms with E-state index in [-0.39, 0.29) is 0 Å². The molecule has 4 unspecified atom stereocenters. The van der Waals surface area contributed by atoms with Gasteiger partial charge in [-0.15, -0.1) is 0 Å². The second kappa shape index (κ2) is 12.3. The molecule has 0 heterocycles. The van der Waals surface area contributed by atoms with Gasteiger partial charge in [-0.3, -0.25) is 0 Å². The lowest BCUT2D eigenvalue weighted by atomic mass is 10.0. The van der Waals surface area contributed by atoms with Crippen LogP contribution in [0, 0.1) is 23.7 Å². The zero-order chi connectivity index (χ0) is 18.8. The van der Waals surface area contributed by atoms with Gasteiger partial charge in [-0.25, -0.2) is 0 Å². The lowest BCUT2D eigenvalue weighted by molar-refractivity contribution is 0.0686. The Bertz CT molecular complexity index is 328. The molecule has 2 aliphatic carbocycles. The fourth-order valence-electron chi connectivity index (χ4n) is 4.29. The number of hydrogen-bond donors (Lipinski definition) is 0. The average Bonchev–Trinajstić information content (AvgIpc) is 3.13. The first-order valence-electron chi connectivity index (χ1n) is 11.1. The van der Waals surface area contributed by atoms with Crippen molar-refractivity contribution in [2.75, 3.05) is 20.2 Å². The standard InChI is InChI=1S/C12H25N.C11H22O/c1-10(2)13(4)8-7-12-6-5-11(3)9-12;1-9(2)12-7-6-11-5-4-10(3)8-11/h10-12H,5-9H2,1-4H3;9-11H,4-8H2,1-3H3. The molecule has 0 radical (unpaired) electrons. The third kappa shape index (κ3) is 10.6. The van der Waals surface area contributed by atoms with E-state index in [1.807, 2.05) is 0 Å². The van der Waals surface area contributed by atoms with Crippen LogP contribution in [0.2, 0.25) is 0 Å². The maximum absolute atomic E-state index is 5.54. The Hall–Kier alpha value is -0.0800. The first-order chi connectivity index (χ1) is 11.8. The molecule has 2 rings (SSSR count). The summed E-state index contributed by atoms with van der Waals surface area (Å²) >= 11 is 0. The summed E-state index contributed by atoms with van der Waals surface area (Å²) in [4.78, 5) is 2.46. The molecule has 0 aromatic heterocycles. The molecule has 0 bridgehead atoms. The van der Waals surface area contributed by atoms with Gasteiger partial charge >= 0.3 is 0 Å². The van der Waals surface area contributed by atoms with Crippen molar-refractivity contribution in [3.05, 3.63) is 0 Å². The van der Waals surface area contributed by atoms with Gasteiger partial charge in [0.2, 0.25) is 0 Å². The van der Waals surface area contributed by atoms with Crippen molar-refractivity contribution >= 4 is 0 Å². The summed E-state index contributed by atoms with van der Waals surface area (Å²) in [6.45, 7) is 15.8. The van der Waals surface area contributed by atoms with Crippen LogP contribution >= 0.6 is 0 Å². The normalized spacial score (nSPS) is 29.5. The van der Waals surface area contributed by atoms with E-state index >= 15 is 0 Å². The van der Waals surface area contributed by atoms with E-state index in [1.165, 1.54) is 57.9 Å². The first kappa shape index (κ1) is 23.0. The van der Waals surface area contributed by atoms with E-state index in [1.54, 1.807) is 0 Å². The summed E-state index contributed by atoms with van der Waals surface area (Å²) in [5.41, 5.74) is 0. The molecule has 150 valence electrons. The minimum Gasteiger partial charge on any atom is -0.379 e. The highest BCUT2D eigenvalue weighted by atomic mass is 16.5. The molecule has 2 heteroatoms. The minimum absolute atomic E-state index is 0.406. The molecule has 4 atom stereocenters. The van der Waals surface area contributed by atoms with Crippen molar-refractivity contribution in [1.82, 2.24) is 4.90 Å². The molecule has 0 aromatic rings. The monoisotopic (exact) mass is 353 g/mol. The van der Waals surface area contributed by atoms with Crippen LogP contribution in [0.5, 0.6) is 0 Å². The number of rotatable bonds is 8. The van der Waals surface area contributed by atoms with Crippen LogP contribution in [0.4, 0.5) is 0 Å². The lowest BCUT2D eigenvalue weighted by Gasteiger charge is -2.22. The molecule has 0 saturated heterocycles. The highest BCUT2D eigenvalue weighted by Crippen LogP contribution is 2.33. The number of ether oxygens (including phenoxy) is 1. The Balaban J connectivity index is 0.000000251. The predicted molar refractivity (Wildman–Crippen MR) is 111 cm³/mol. The molecule has 0 spiro atoms. The Labute approximate surface area is 159 Å². The summed E-state index contributed by atoms with van der Waals surface area (Å²) in [5.74, 6) is 3.94. The van der Waals surface area contributed by atoms with Gasteiger partial charge < -0.3 is 9.64 Å². The Morgan fingerprint density at radius 3 is 1.76 bits per heavy atom. The average molecular weight is 354 g/mol. The molecule has 0 N–H and O–H groups in total. The van der Waals surface area contributed by atoms with Gasteiger partial charge in [-0.2, -0.15) is 0 Å². The van der Waals surface area contributed by atoms with Crippen LogP contribution in [-0.4, -0.2) is 37.2 Å². The molecule has 2 fully saturated rings. The van der Waals surface area contributed by atoms with Crippen molar-refractivity contribution < 1.29 is 4.74 Å². The summed E-state index contributed by atoms with van der Waals surface area (Å²) in [5, 5.41) is 0. The van der Waals surface area contributed by atoms with E-state index in [0.29, 0.717) is 12.1 Å². The lowest BCUT2D eigenvalue weighted by Crippen LogP contribution is -2.28. The van der Waals surface area contributed by atoms with E-state index in [9.17, 15) is 0 Å². The van der Waals surface area contributed by atoms with E-state index in [2.05, 4.69) is 53.5 Å². The van der Waals surface area contributed by atoms with Crippen LogP contribution in [0.15, 0.2) is 0 Å². The van der Waals surface area contributed by atoms with Gasteiger partial charge in [-0.1, -0.05) is 39.5 Å². The van der Waals surface area contributed by atoms with Crippen molar-refractivity contribution in [1.29, 1.82) is 0 Å². The molecule has 2 aliphatic rings. The zero-order valence-electron chi connectivity index (χ0n) is 18.4. The second-order valence-electron chi connectivity index (χ2n) is 9.64.